The second kappa shape index (κ2) is 9.91. The molecule has 1 aromatic heterocycles. The number of benzene rings is 2. The van der Waals surface area contributed by atoms with E-state index in [1.807, 2.05) is 12.1 Å². The Morgan fingerprint density at radius 2 is 1.80 bits per heavy atom. The highest BCUT2D eigenvalue weighted by Gasteiger charge is 2.34. The molecule has 1 fully saturated rings. The van der Waals surface area contributed by atoms with Gasteiger partial charge >= 0.3 is 0 Å². The number of amides is 1. The van der Waals surface area contributed by atoms with Crippen LogP contribution in [0.15, 0.2) is 64.0 Å². The fourth-order valence-corrected chi connectivity index (χ4v) is 5.80. The number of sulfonamides is 1. The number of carbonyl (C=O) groups is 1. The molecule has 186 valence electrons. The highest BCUT2D eigenvalue weighted by molar-refractivity contribution is 7.89. The predicted octanol–water partition coefficient (Wildman–Crippen LogP) is 4.09. The third-order valence-electron chi connectivity index (χ3n) is 6.34. The van der Waals surface area contributed by atoms with Gasteiger partial charge in [-0.05, 0) is 36.0 Å². The molecule has 1 unspecified atom stereocenters. The van der Waals surface area contributed by atoms with Gasteiger partial charge in [0.05, 0.1) is 17.4 Å². The third kappa shape index (κ3) is 5.62. The first-order valence-electron chi connectivity index (χ1n) is 11.8. The third-order valence-corrected chi connectivity index (χ3v) is 8.22. The lowest BCUT2D eigenvalue weighted by molar-refractivity contribution is -0.136. The van der Waals surface area contributed by atoms with Crippen LogP contribution in [0.5, 0.6) is 0 Å². The molecule has 0 saturated carbocycles. The van der Waals surface area contributed by atoms with Crippen LogP contribution in [0, 0.1) is 5.92 Å². The maximum atomic E-state index is 13.1. The predicted molar refractivity (Wildman–Crippen MR) is 133 cm³/mol. The van der Waals surface area contributed by atoms with E-state index in [1.54, 1.807) is 37.4 Å². The Bertz CT molecular complexity index is 1260. The van der Waals surface area contributed by atoms with Crippen molar-refractivity contribution in [2.45, 2.75) is 50.5 Å². The van der Waals surface area contributed by atoms with Gasteiger partial charge in [-0.2, -0.15) is 9.29 Å². The van der Waals surface area contributed by atoms with Gasteiger partial charge in [-0.25, -0.2) is 8.42 Å². The maximum absolute atomic E-state index is 13.1. The lowest BCUT2D eigenvalue weighted by Gasteiger charge is -2.33. The summed E-state index contributed by atoms with van der Waals surface area (Å²) in [4.78, 5) is 19.4. The monoisotopic (exact) mass is 496 g/mol. The minimum atomic E-state index is -3.63. The normalized spacial score (nSPS) is 17.3. The topological polar surface area (TPSA) is 96.6 Å². The van der Waals surface area contributed by atoms with Crippen molar-refractivity contribution in [1.29, 1.82) is 0 Å². The van der Waals surface area contributed by atoms with Crippen molar-refractivity contribution in [3.63, 3.8) is 0 Å². The van der Waals surface area contributed by atoms with Crippen molar-refractivity contribution >= 4 is 15.9 Å². The van der Waals surface area contributed by atoms with Crippen molar-refractivity contribution in [2.75, 3.05) is 20.1 Å². The summed E-state index contributed by atoms with van der Waals surface area (Å²) in [7, 11) is -1.96. The molecule has 0 radical (unpaired) electrons. The molecule has 1 amide bonds. The lowest BCUT2D eigenvalue weighted by Crippen LogP contribution is -2.45. The quantitative estimate of drug-likeness (QED) is 0.510. The fraction of sp³-hybridized carbons (Fsp3) is 0.423. The molecular weight excluding hydrogens is 464 g/mol. The summed E-state index contributed by atoms with van der Waals surface area (Å²) in [5.74, 6) is 0.256. The Balaban J connectivity index is 1.40. The number of piperidine rings is 1. The van der Waals surface area contributed by atoms with E-state index in [9.17, 15) is 13.2 Å². The molecule has 35 heavy (non-hydrogen) atoms. The van der Waals surface area contributed by atoms with E-state index in [0.717, 1.165) is 5.56 Å². The molecule has 0 spiro atoms. The molecule has 3 aromatic rings. The molecule has 9 heteroatoms. The van der Waals surface area contributed by atoms with Crippen LogP contribution in [0.1, 0.15) is 45.1 Å². The van der Waals surface area contributed by atoms with Crippen LogP contribution in [-0.4, -0.2) is 53.8 Å². The summed E-state index contributed by atoms with van der Waals surface area (Å²) in [5, 5.41) is 4.07. The number of nitrogens with zero attached hydrogens (tertiary/aromatic N) is 4. The van der Waals surface area contributed by atoms with Crippen LogP contribution in [0.2, 0.25) is 0 Å². The number of hydrogen-bond acceptors (Lipinski definition) is 6. The first-order valence-corrected chi connectivity index (χ1v) is 13.2. The van der Waals surface area contributed by atoms with E-state index in [4.69, 9.17) is 4.52 Å². The first-order chi connectivity index (χ1) is 16.6. The molecule has 1 saturated heterocycles. The van der Waals surface area contributed by atoms with Gasteiger partial charge in [0.1, 0.15) is 0 Å². The van der Waals surface area contributed by atoms with Crippen LogP contribution in [0.25, 0.3) is 11.4 Å². The number of rotatable bonds is 6. The van der Waals surface area contributed by atoms with Gasteiger partial charge in [-0.3, -0.25) is 4.79 Å². The van der Waals surface area contributed by atoms with Gasteiger partial charge in [0.2, 0.25) is 27.6 Å². The van der Waals surface area contributed by atoms with Crippen LogP contribution in [0.3, 0.4) is 0 Å². The first kappa shape index (κ1) is 25.1. The summed E-state index contributed by atoms with van der Waals surface area (Å²) in [6.07, 6.45) is 1.27. The van der Waals surface area contributed by atoms with Crippen molar-refractivity contribution in [1.82, 2.24) is 19.3 Å². The fourth-order valence-electron chi connectivity index (χ4n) is 4.25. The SMILES string of the molecule is CN(Cc1nc(-c2ccc(C(C)(C)C)cc2)no1)C(=O)C1CCCN(S(=O)(=O)c2ccccc2)C1. The molecule has 1 atom stereocenters. The van der Waals surface area contributed by atoms with E-state index < -0.39 is 15.9 Å². The van der Waals surface area contributed by atoms with Gasteiger partial charge in [0.25, 0.3) is 0 Å². The van der Waals surface area contributed by atoms with Crippen LogP contribution in [-0.2, 0) is 26.8 Å². The van der Waals surface area contributed by atoms with Gasteiger partial charge < -0.3 is 9.42 Å². The minimum Gasteiger partial charge on any atom is -0.337 e. The summed E-state index contributed by atoms with van der Waals surface area (Å²) >= 11 is 0. The van der Waals surface area contributed by atoms with Gasteiger partial charge in [-0.1, -0.05) is 68.4 Å². The zero-order valence-corrected chi connectivity index (χ0v) is 21.5. The minimum absolute atomic E-state index is 0.0547. The zero-order chi connectivity index (χ0) is 25.2. The number of hydrogen-bond donors (Lipinski definition) is 0. The molecule has 1 aliphatic rings. The summed E-state index contributed by atoms with van der Waals surface area (Å²) < 4.78 is 32.8. The van der Waals surface area contributed by atoms with E-state index in [1.165, 1.54) is 14.8 Å². The van der Waals surface area contributed by atoms with Crippen molar-refractivity contribution in [3.8, 4) is 11.4 Å². The highest BCUT2D eigenvalue weighted by atomic mass is 32.2. The Kier molecular flexibility index (Phi) is 7.10. The lowest BCUT2D eigenvalue weighted by atomic mass is 9.87. The zero-order valence-electron chi connectivity index (χ0n) is 20.6. The Morgan fingerprint density at radius 3 is 2.46 bits per heavy atom. The Morgan fingerprint density at radius 1 is 1.11 bits per heavy atom. The maximum Gasteiger partial charge on any atom is 0.246 e. The largest absolute Gasteiger partial charge is 0.337 e. The van der Waals surface area contributed by atoms with Crippen molar-refractivity contribution in [2.24, 2.45) is 5.92 Å². The second-order valence-corrected chi connectivity index (χ2v) is 12.0. The van der Waals surface area contributed by atoms with Crippen LogP contribution < -0.4 is 0 Å². The standard InChI is InChI=1S/C26H32N4O4S/c1-26(2,3)21-14-12-19(13-15-21)24-27-23(34-28-24)18-29(4)25(31)20-9-8-16-30(17-20)35(32,33)22-10-6-5-7-11-22/h5-7,10-15,20H,8-9,16-18H2,1-4H3. The Labute approximate surface area is 207 Å². The molecule has 4 rings (SSSR count). The Hall–Kier alpha value is -3.04. The van der Waals surface area contributed by atoms with Crippen molar-refractivity contribution in [3.05, 3.63) is 66.1 Å². The second-order valence-electron chi connectivity index (χ2n) is 10.0. The van der Waals surface area contributed by atoms with E-state index >= 15 is 0 Å². The smallest absolute Gasteiger partial charge is 0.246 e. The average molecular weight is 497 g/mol. The van der Waals surface area contributed by atoms with Crippen molar-refractivity contribution < 1.29 is 17.7 Å². The molecule has 2 aromatic carbocycles. The molecule has 0 N–H and O–H groups in total. The molecular formula is C26H32N4O4S. The number of carbonyl (C=O) groups excluding carboxylic acids is 1. The molecule has 8 nitrogen and oxygen atoms in total. The summed E-state index contributed by atoms with van der Waals surface area (Å²) in [5.41, 5.74) is 2.11. The van der Waals surface area contributed by atoms with E-state index in [0.29, 0.717) is 31.1 Å². The van der Waals surface area contributed by atoms with Gasteiger partial charge in [-0.15, -0.1) is 0 Å². The molecule has 0 bridgehead atoms. The molecule has 2 heterocycles. The molecule has 1 aliphatic heterocycles. The number of aromatic nitrogens is 2. The van der Waals surface area contributed by atoms with Gasteiger partial charge in [0, 0.05) is 25.7 Å². The van der Waals surface area contributed by atoms with Crippen LogP contribution >= 0.6 is 0 Å². The van der Waals surface area contributed by atoms with Gasteiger partial charge in [0.15, 0.2) is 0 Å². The van der Waals surface area contributed by atoms with Crippen LogP contribution in [0.4, 0.5) is 0 Å². The van der Waals surface area contributed by atoms with E-state index in [-0.39, 0.29) is 29.3 Å². The highest BCUT2D eigenvalue weighted by Crippen LogP contribution is 2.27. The summed E-state index contributed by atoms with van der Waals surface area (Å²) in [6.45, 7) is 7.20. The molecule has 0 aliphatic carbocycles. The van der Waals surface area contributed by atoms with E-state index in [2.05, 4.69) is 43.0 Å². The average Bonchev–Trinajstić information content (AvgIpc) is 3.32. The summed E-state index contributed by atoms with van der Waals surface area (Å²) in [6, 6.07) is 16.4.